The van der Waals surface area contributed by atoms with Gasteiger partial charge in [-0.05, 0) is 30.7 Å². The predicted molar refractivity (Wildman–Crippen MR) is 67.4 cm³/mol. The molecule has 1 amide bonds. The summed E-state index contributed by atoms with van der Waals surface area (Å²) in [6.07, 6.45) is 3.37. The lowest BCUT2D eigenvalue weighted by atomic mass is 10.1. The van der Waals surface area contributed by atoms with Crippen molar-refractivity contribution in [1.29, 1.82) is 0 Å². The molecule has 0 spiro atoms. The summed E-state index contributed by atoms with van der Waals surface area (Å²) in [5, 5.41) is 6.67. The van der Waals surface area contributed by atoms with Crippen molar-refractivity contribution in [3.63, 3.8) is 0 Å². The van der Waals surface area contributed by atoms with Crippen molar-refractivity contribution < 1.29 is 4.79 Å². The Hall–Kier alpha value is -2.21. The number of carbonyl (C=O) groups is 1. The molecule has 2 aromatic rings. The van der Waals surface area contributed by atoms with E-state index in [1.54, 1.807) is 30.2 Å². The summed E-state index contributed by atoms with van der Waals surface area (Å²) in [5.41, 5.74) is 7.14. The molecule has 0 fully saturated rings. The van der Waals surface area contributed by atoms with E-state index in [0.717, 1.165) is 5.56 Å². The van der Waals surface area contributed by atoms with Crippen molar-refractivity contribution in [3.05, 3.63) is 41.9 Å². The lowest BCUT2D eigenvalue weighted by Gasteiger charge is -2.07. The number of carbonyl (C=O) groups excluding carboxylic acids is 1. The minimum absolute atomic E-state index is 0.0688. The van der Waals surface area contributed by atoms with E-state index < -0.39 is 0 Å². The second-order valence-electron chi connectivity index (χ2n) is 3.96. The van der Waals surface area contributed by atoms with Gasteiger partial charge < -0.3 is 11.1 Å². The zero-order valence-electron chi connectivity index (χ0n) is 10.3. The number of rotatable bonds is 3. The first-order chi connectivity index (χ1) is 8.61. The largest absolute Gasteiger partial charge is 0.354 e. The number of pyridine rings is 1. The molecular formula is C12H15N5O. The number of nitrogens with two attached hydrogens (primary N) is 1. The molecule has 18 heavy (non-hydrogen) atoms. The minimum Gasteiger partial charge on any atom is -0.354 e. The Morgan fingerprint density at radius 3 is 2.94 bits per heavy atom. The van der Waals surface area contributed by atoms with E-state index in [4.69, 9.17) is 5.73 Å². The Morgan fingerprint density at radius 2 is 2.28 bits per heavy atom. The Kier molecular flexibility index (Phi) is 3.38. The topological polar surface area (TPSA) is 85.8 Å². The summed E-state index contributed by atoms with van der Waals surface area (Å²) >= 11 is 0. The summed E-state index contributed by atoms with van der Waals surface area (Å²) in [6, 6.07) is 5.28. The van der Waals surface area contributed by atoms with Crippen molar-refractivity contribution in [3.8, 4) is 5.82 Å². The summed E-state index contributed by atoms with van der Waals surface area (Å²) in [7, 11) is 1.57. The molecule has 2 rings (SSSR count). The van der Waals surface area contributed by atoms with Crippen LogP contribution in [0.25, 0.3) is 5.82 Å². The van der Waals surface area contributed by atoms with Crippen molar-refractivity contribution in [2.45, 2.75) is 13.0 Å². The van der Waals surface area contributed by atoms with Crippen LogP contribution in [0.2, 0.25) is 0 Å². The van der Waals surface area contributed by atoms with Gasteiger partial charge in [-0.25, -0.2) is 9.67 Å². The molecule has 94 valence electrons. The van der Waals surface area contributed by atoms with E-state index in [1.165, 1.54) is 0 Å². The lowest BCUT2D eigenvalue weighted by molar-refractivity contribution is 0.0957. The van der Waals surface area contributed by atoms with E-state index in [2.05, 4.69) is 15.4 Å². The highest BCUT2D eigenvalue weighted by molar-refractivity contribution is 5.91. The van der Waals surface area contributed by atoms with Gasteiger partial charge in [0, 0.05) is 25.5 Å². The quantitative estimate of drug-likeness (QED) is 0.831. The van der Waals surface area contributed by atoms with Gasteiger partial charge in [0.25, 0.3) is 5.91 Å². The van der Waals surface area contributed by atoms with Gasteiger partial charge >= 0.3 is 0 Å². The molecule has 1 unspecified atom stereocenters. The highest BCUT2D eigenvalue weighted by Crippen LogP contribution is 2.12. The van der Waals surface area contributed by atoms with Crippen LogP contribution >= 0.6 is 0 Å². The highest BCUT2D eigenvalue weighted by Gasteiger charge is 2.09. The Labute approximate surface area is 105 Å². The zero-order chi connectivity index (χ0) is 13.1. The van der Waals surface area contributed by atoms with E-state index in [-0.39, 0.29) is 11.9 Å². The molecule has 0 aliphatic heterocycles. The molecular weight excluding hydrogens is 230 g/mol. The second kappa shape index (κ2) is 4.97. The standard InChI is InChI=1S/C12H15N5O/c1-8(13)9-3-5-15-11(7-9)17-6-4-10(16-17)12(18)14-2/h3-8H,13H2,1-2H3,(H,14,18). The smallest absolute Gasteiger partial charge is 0.271 e. The Balaban J connectivity index is 2.34. The Morgan fingerprint density at radius 1 is 1.50 bits per heavy atom. The molecule has 0 saturated carbocycles. The predicted octanol–water partition coefficient (Wildman–Crippen LogP) is 0.647. The van der Waals surface area contributed by atoms with Crippen LogP contribution in [0, 0.1) is 0 Å². The fraction of sp³-hybridized carbons (Fsp3) is 0.250. The third kappa shape index (κ3) is 2.38. The maximum absolute atomic E-state index is 11.4. The lowest BCUT2D eigenvalue weighted by Crippen LogP contribution is -2.18. The van der Waals surface area contributed by atoms with E-state index in [9.17, 15) is 4.79 Å². The average molecular weight is 245 g/mol. The molecule has 1 atom stereocenters. The van der Waals surface area contributed by atoms with Gasteiger partial charge in [0.15, 0.2) is 11.5 Å². The van der Waals surface area contributed by atoms with Crippen molar-refractivity contribution >= 4 is 5.91 Å². The first kappa shape index (κ1) is 12.3. The number of amides is 1. The monoisotopic (exact) mass is 245 g/mol. The van der Waals surface area contributed by atoms with Crippen LogP contribution < -0.4 is 11.1 Å². The van der Waals surface area contributed by atoms with Crippen LogP contribution in [0.4, 0.5) is 0 Å². The average Bonchev–Trinajstić information content (AvgIpc) is 2.87. The molecule has 3 N–H and O–H groups in total. The molecule has 0 bridgehead atoms. The molecule has 2 aromatic heterocycles. The van der Waals surface area contributed by atoms with Gasteiger partial charge in [-0.2, -0.15) is 5.10 Å². The number of hydrogen-bond donors (Lipinski definition) is 2. The molecule has 0 aliphatic carbocycles. The maximum Gasteiger partial charge on any atom is 0.271 e. The fourth-order valence-corrected chi connectivity index (χ4v) is 1.54. The van der Waals surface area contributed by atoms with Crippen LogP contribution in [-0.4, -0.2) is 27.7 Å². The fourth-order valence-electron chi connectivity index (χ4n) is 1.54. The minimum atomic E-state index is -0.225. The zero-order valence-corrected chi connectivity index (χ0v) is 10.3. The van der Waals surface area contributed by atoms with Crippen LogP contribution in [0.15, 0.2) is 30.6 Å². The van der Waals surface area contributed by atoms with Gasteiger partial charge in [-0.3, -0.25) is 4.79 Å². The second-order valence-corrected chi connectivity index (χ2v) is 3.96. The number of nitrogens with zero attached hydrogens (tertiary/aromatic N) is 3. The van der Waals surface area contributed by atoms with Crippen LogP contribution in [0.3, 0.4) is 0 Å². The maximum atomic E-state index is 11.4. The number of aromatic nitrogens is 3. The van der Waals surface area contributed by atoms with Crippen LogP contribution in [0.5, 0.6) is 0 Å². The van der Waals surface area contributed by atoms with E-state index >= 15 is 0 Å². The third-order valence-electron chi connectivity index (χ3n) is 2.58. The van der Waals surface area contributed by atoms with Gasteiger partial charge in [0.1, 0.15) is 0 Å². The van der Waals surface area contributed by atoms with Crippen molar-refractivity contribution in [2.24, 2.45) is 5.73 Å². The third-order valence-corrected chi connectivity index (χ3v) is 2.58. The van der Waals surface area contributed by atoms with E-state index in [1.807, 2.05) is 19.1 Å². The van der Waals surface area contributed by atoms with Gasteiger partial charge in [-0.1, -0.05) is 0 Å². The summed E-state index contributed by atoms with van der Waals surface area (Å²) in [5.74, 6) is 0.414. The molecule has 0 saturated heterocycles. The summed E-state index contributed by atoms with van der Waals surface area (Å²) < 4.78 is 1.55. The first-order valence-electron chi connectivity index (χ1n) is 5.61. The van der Waals surface area contributed by atoms with Gasteiger partial charge in [0.05, 0.1) is 0 Å². The Bertz CT molecular complexity index is 561. The number of nitrogens with one attached hydrogen (secondary N) is 1. The number of hydrogen-bond acceptors (Lipinski definition) is 4. The van der Waals surface area contributed by atoms with Crippen LogP contribution in [0.1, 0.15) is 29.0 Å². The van der Waals surface area contributed by atoms with Crippen molar-refractivity contribution in [2.75, 3.05) is 7.05 Å². The van der Waals surface area contributed by atoms with E-state index in [0.29, 0.717) is 11.5 Å². The molecule has 0 radical (unpaired) electrons. The highest BCUT2D eigenvalue weighted by atomic mass is 16.1. The molecule has 0 aromatic carbocycles. The van der Waals surface area contributed by atoms with Gasteiger partial charge in [-0.15, -0.1) is 0 Å². The molecule has 6 nitrogen and oxygen atoms in total. The summed E-state index contributed by atoms with van der Waals surface area (Å²) in [6.45, 7) is 1.90. The summed E-state index contributed by atoms with van der Waals surface area (Å²) in [4.78, 5) is 15.6. The van der Waals surface area contributed by atoms with Crippen molar-refractivity contribution in [1.82, 2.24) is 20.1 Å². The normalized spacial score (nSPS) is 12.2. The molecule has 0 aliphatic rings. The van der Waals surface area contributed by atoms with Gasteiger partial charge in [0.2, 0.25) is 0 Å². The molecule has 2 heterocycles. The SMILES string of the molecule is CNC(=O)c1ccn(-c2cc(C(C)N)ccn2)n1. The first-order valence-corrected chi connectivity index (χ1v) is 5.61. The molecule has 6 heteroatoms. The van der Waals surface area contributed by atoms with Crippen LogP contribution in [-0.2, 0) is 0 Å².